The van der Waals surface area contributed by atoms with Gasteiger partial charge in [0.1, 0.15) is 12.1 Å². The van der Waals surface area contributed by atoms with Gasteiger partial charge >= 0.3 is 12.1 Å². The summed E-state index contributed by atoms with van der Waals surface area (Å²) in [6.45, 7) is 7.25. The van der Waals surface area contributed by atoms with E-state index in [4.69, 9.17) is 9.84 Å². The highest BCUT2D eigenvalue weighted by Crippen LogP contribution is 2.38. The maximum atomic E-state index is 12.3. The van der Waals surface area contributed by atoms with Crippen LogP contribution in [0.4, 0.5) is 4.79 Å². The Labute approximate surface area is 141 Å². The van der Waals surface area contributed by atoms with Crippen molar-refractivity contribution in [3.8, 4) is 0 Å². The van der Waals surface area contributed by atoms with E-state index < -0.39 is 35.3 Å². The number of carboxylic acid groups (broad SMARTS) is 1. The molecule has 1 saturated heterocycles. The molecular weight excluding hydrogens is 320 g/mol. The fraction of sp³-hybridized carbons (Fsp3) is 0.867. The Bertz CT molecular complexity index is 424. The van der Waals surface area contributed by atoms with Crippen molar-refractivity contribution in [1.82, 2.24) is 10.4 Å². The molecule has 23 heavy (non-hydrogen) atoms. The third kappa shape index (κ3) is 5.54. The van der Waals surface area contributed by atoms with Crippen molar-refractivity contribution in [2.75, 3.05) is 12.0 Å². The summed E-state index contributed by atoms with van der Waals surface area (Å²) in [4.78, 5) is 23.2. The number of alkyl carbamates (subject to hydrolysis) is 1. The molecule has 1 aliphatic rings. The van der Waals surface area contributed by atoms with Crippen LogP contribution in [0.15, 0.2) is 0 Å². The molecule has 2 N–H and O–H groups in total. The molecule has 0 saturated carbocycles. The Balaban J connectivity index is 2.64. The van der Waals surface area contributed by atoms with Crippen molar-refractivity contribution in [2.24, 2.45) is 0 Å². The van der Waals surface area contributed by atoms with E-state index in [-0.39, 0.29) is 0 Å². The fourth-order valence-electron chi connectivity index (χ4n) is 3.08. The van der Waals surface area contributed by atoms with Crippen LogP contribution in [-0.2, 0) is 14.7 Å². The number of aliphatic carboxylic acids is 1. The van der Waals surface area contributed by atoms with Gasteiger partial charge in [-0.2, -0.15) is 11.8 Å². The Morgan fingerprint density at radius 2 is 1.83 bits per heavy atom. The average molecular weight is 347 g/mol. The summed E-state index contributed by atoms with van der Waals surface area (Å²) in [5.41, 5.74) is -1.28. The molecule has 133 valence electrons. The second-order valence-corrected chi connectivity index (χ2v) is 8.16. The lowest BCUT2D eigenvalue weighted by molar-refractivity contribution is -0.298. The number of nitrogens with one attached hydrogen (secondary N) is 1. The van der Waals surface area contributed by atoms with Crippen LogP contribution in [0, 0.1) is 0 Å². The predicted octanol–water partition coefficient (Wildman–Crippen LogP) is 2.29. The first-order valence-corrected chi connectivity index (χ1v) is 9.05. The van der Waals surface area contributed by atoms with E-state index in [2.05, 4.69) is 5.32 Å². The molecule has 0 spiro atoms. The molecule has 7 nitrogen and oxygen atoms in total. The number of carbonyl (C=O) groups is 2. The fourth-order valence-corrected chi connectivity index (χ4v) is 3.55. The number of hydroxylamine groups is 2. The van der Waals surface area contributed by atoms with Gasteiger partial charge in [0, 0.05) is 23.9 Å². The number of carbonyl (C=O) groups excluding carboxylic acids is 1. The van der Waals surface area contributed by atoms with Gasteiger partial charge in [-0.3, -0.25) is 0 Å². The molecule has 1 aliphatic heterocycles. The normalized spacial score (nSPS) is 22.3. The molecule has 0 aromatic heterocycles. The quantitative estimate of drug-likeness (QED) is 0.765. The van der Waals surface area contributed by atoms with E-state index in [0.717, 1.165) is 5.06 Å². The van der Waals surface area contributed by atoms with E-state index in [9.17, 15) is 14.8 Å². The average Bonchev–Trinajstić information content (AvgIpc) is 2.39. The van der Waals surface area contributed by atoms with Crippen LogP contribution >= 0.6 is 11.8 Å². The summed E-state index contributed by atoms with van der Waals surface area (Å²) in [6, 6.07) is -0.962. The van der Waals surface area contributed by atoms with Crippen molar-refractivity contribution in [3.05, 3.63) is 0 Å². The van der Waals surface area contributed by atoms with Crippen molar-refractivity contribution in [3.63, 3.8) is 0 Å². The molecule has 1 amide bonds. The molecule has 0 aromatic rings. The number of rotatable bonds is 6. The number of thioether (sulfide) groups is 1. The third-order valence-corrected chi connectivity index (χ3v) is 4.67. The molecule has 1 heterocycles. The van der Waals surface area contributed by atoms with E-state index in [1.165, 1.54) is 11.8 Å². The first-order chi connectivity index (χ1) is 10.5. The first-order valence-electron chi connectivity index (χ1n) is 7.66. The van der Waals surface area contributed by atoms with Crippen LogP contribution in [-0.4, -0.2) is 57.5 Å². The molecule has 0 bridgehead atoms. The number of amides is 1. The minimum Gasteiger partial charge on any atom is -0.480 e. The number of ether oxygens (including phenoxy) is 1. The lowest BCUT2D eigenvalue weighted by Gasteiger charge is -2.49. The lowest BCUT2D eigenvalue weighted by atomic mass is 9.80. The maximum absolute atomic E-state index is 12.3. The van der Waals surface area contributed by atoms with Gasteiger partial charge in [0.15, 0.2) is 0 Å². The zero-order valence-electron chi connectivity index (χ0n) is 14.4. The molecule has 1 rings (SSSR count). The van der Waals surface area contributed by atoms with Crippen LogP contribution in [0.5, 0.6) is 0 Å². The minimum absolute atomic E-state index is 0.335. The van der Waals surface area contributed by atoms with Crippen molar-refractivity contribution < 1.29 is 24.6 Å². The highest BCUT2D eigenvalue weighted by molar-refractivity contribution is 7.98. The minimum atomic E-state index is -1.08. The second-order valence-electron chi connectivity index (χ2n) is 7.17. The van der Waals surface area contributed by atoms with Crippen molar-refractivity contribution in [1.29, 1.82) is 0 Å². The van der Waals surface area contributed by atoms with Gasteiger partial charge in [-0.25, -0.2) is 9.59 Å². The second kappa shape index (κ2) is 7.72. The molecule has 1 radical (unpaired) electrons. The Kier molecular flexibility index (Phi) is 6.73. The number of hydrogen-bond donors (Lipinski definition) is 2. The molecule has 1 unspecified atom stereocenters. The van der Waals surface area contributed by atoms with E-state index in [1.807, 2.05) is 34.0 Å². The van der Waals surface area contributed by atoms with Crippen molar-refractivity contribution in [2.45, 2.75) is 70.2 Å². The number of nitrogens with zero attached hydrogens (tertiary/aromatic N) is 1. The van der Waals surface area contributed by atoms with Crippen LogP contribution in [0.2, 0.25) is 0 Å². The molecule has 1 atom stereocenters. The third-order valence-electron chi connectivity index (χ3n) is 4.03. The van der Waals surface area contributed by atoms with Crippen molar-refractivity contribution >= 4 is 23.8 Å². The van der Waals surface area contributed by atoms with Gasteiger partial charge in [0.2, 0.25) is 0 Å². The highest BCUT2D eigenvalue weighted by Gasteiger charge is 2.47. The summed E-state index contributed by atoms with van der Waals surface area (Å²) in [5.74, 6) is -0.447. The highest BCUT2D eigenvalue weighted by atomic mass is 32.2. The molecule has 8 heteroatoms. The van der Waals surface area contributed by atoms with E-state index in [1.54, 1.807) is 0 Å². The smallest absolute Gasteiger partial charge is 0.408 e. The lowest BCUT2D eigenvalue weighted by Crippen LogP contribution is -2.60. The number of piperidine rings is 1. The van der Waals surface area contributed by atoms with E-state index >= 15 is 0 Å². The summed E-state index contributed by atoms with van der Waals surface area (Å²) in [7, 11) is 0. The van der Waals surface area contributed by atoms with Crippen LogP contribution in [0.3, 0.4) is 0 Å². The molecule has 0 aromatic carbocycles. The summed E-state index contributed by atoms with van der Waals surface area (Å²) in [5, 5.41) is 24.8. The largest absolute Gasteiger partial charge is 0.480 e. The Morgan fingerprint density at radius 3 is 2.26 bits per heavy atom. The van der Waals surface area contributed by atoms with Gasteiger partial charge in [-0.1, -0.05) is 0 Å². The van der Waals surface area contributed by atoms with Gasteiger partial charge in [0.25, 0.3) is 0 Å². The standard InChI is InChI=1S/C15H27N2O5S/c1-14(2)8-10(9-15(3,4)17(14)21)22-13(20)16-11(12(18)19)6-7-23-5/h10-11H,6-9H2,1-5H3,(H,16,20)(H,18,19). The van der Waals surface area contributed by atoms with Gasteiger partial charge in [-0.05, 0) is 46.1 Å². The Hall–Kier alpha value is -0.990. The zero-order chi connectivity index (χ0) is 17.8. The van der Waals surface area contributed by atoms with Crippen LogP contribution in [0.25, 0.3) is 0 Å². The molecular formula is C15H27N2O5S. The first kappa shape index (κ1) is 20.1. The van der Waals surface area contributed by atoms with E-state index in [0.29, 0.717) is 25.0 Å². The monoisotopic (exact) mass is 347 g/mol. The SMILES string of the molecule is CSCCC(NC(=O)OC1CC(C)(C)N([O])C(C)(C)C1)C(=O)O. The summed E-state index contributed by atoms with van der Waals surface area (Å²) in [6.07, 6.45) is 1.88. The van der Waals surface area contributed by atoms with Crippen LogP contribution < -0.4 is 5.32 Å². The van der Waals surface area contributed by atoms with Crippen LogP contribution in [0.1, 0.15) is 47.0 Å². The van der Waals surface area contributed by atoms with Gasteiger partial charge in [-0.15, -0.1) is 10.3 Å². The summed E-state index contributed by atoms with van der Waals surface area (Å²) >= 11 is 1.51. The predicted molar refractivity (Wildman–Crippen MR) is 87.7 cm³/mol. The summed E-state index contributed by atoms with van der Waals surface area (Å²) < 4.78 is 5.39. The van der Waals surface area contributed by atoms with Gasteiger partial charge in [0.05, 0.1) is 0 Å². The zero-order valence-corrected chi connectivity index (χ0v) is 15.2. The molecule has 1 fully saturated rings. The van der Waals surface area contributed by atoms with Gasteiger partial charge < -0.3 is 15.2 Å². The maximum Gasteiger partial charge on any atom is 0.408 e. The molecule has 0 aliphatic carbocycles. The number of carboxylic acids is 1. The number of hydrogen-bond acceptors (Lipinski definition) is 5. The Morgan fingerprint density at radius 1 is 1.30 bits per heavy atom. The topological polar surface area (TPSA) is 98.8 Å².